The third kappa shape index (κ3) is 2.63. The van der Waals surface area contributed by atoms with E-state index in [-0.39, 0.29) is 5.91 Å². The number of carbonyl (C=O) groups is 1. The molecule has 1 saturated heterocycles. The smallest absolute Gasteiger partial charge is 0.253 e. The van der Waals surface area contributed by atoms with Crippen molar-refractivity contribution in [3.8, 4) is 0 Å². The molecule has 4 nitrogen and oxygen atoms in total. The number of aromatic amines is 1. The number of amides is 1. The fourth-order valence-corrected chi connectivity index (χ4v) is 2.72. The zero-order valence-corrected chi connectivity index (χ0v) is 10.9. The van der Waals surface area contributed by atoms with Crippen LogP contribution in [0.2, 0.25) is 0 Å². The highest BCUT2D eigenvalue weighted by molar-refractivity contribution is 6.06. The van der Waals surface area contributed by atoms with Gasteiger partial charge >= 0.3 is 0 Å². The summed E-state index contributed by atoms with van der Waals surface area (Å²) in [6, 6.07) is 8.44. The molecule has 3 rings (SSSR count). The van der Waals surface area contributed by atoms with Gasteiger partial charge in [0.15, 0.2) is 0 Å². The van der Waals surface area contributed by atoms with Gasteiger partial charge in [0.2, 0.25) is 0 Å². The lowest BCUT2D eigenvalue weighted by Gasteiger charge is -2.10. The standard InChI is InChI=1S/C15H19N3O/c19-15(17-9-7-11-4-3-8-16-11)13-10-18-14-6-2-1-5-12(13)14/h1-2,5-6,10-11,16,18H,3-4,7-9H2,(H,17,19)/t11-/m1/s1. The number of para-hydroxylation sites is 1. The highest BCUT2D eigenvalue weighted by Crippen LogP contribution is 2.17. The SMILES string of the molecule is O=C(NCC[C@H]1CCCN1)c1c[nH]c2ccccc12. The Morgan fingerprint density at radius 3 is 3.11 bits per heavy atom. The average Bonchev–Trinajstić information content (AvgIpc) is 3.07. The summed E-state index contributed by atoms with van der Waals surface area (Å²) in [5, 5.41) is 7.43. The van der Waals surface area contributed by atoms with E-state index in [9.17, 15) is 4.79 Å². The lowest BCUT2D eigenvalue weighted by molar-refractivity contribution is 0.0954. The Bertz CT molecular complexity index is 570. The van der Waals surface area contributed by atoms with Crippen molar-refractivity contribution in [1.29, 1.82) is 0 Å². The first-order valence-electron chi connectivity index (χ1n) is 6.92. The fraction of sp³-hybridized carbons (Fsp3) is 0.400. The van der Waals surface area contributed by atoms with Gasteiger partial charge in [-0.1, -0.05) is 18.2 Å². The first-order chi connectivity index (χ1) is 9.34. The first kappa shape index (κ1) is 12.2. The summed E-state index contributed by atoms with van der Waals surface area (Å²) >= 11 is 0. The Labute approximate surface area is 112 Å². The molecule has 3 N–H and O–H groups in total. The number of hydrogen-bond donors (Lipinski definition) is 3. The number of fused-ring (bicyclic) bond motifs is 1. The van der Waals surface area contributed by atoms with Crippen LogP contribution in [-0.4, -0.2) is 30.0 Å². The fourth-order valence-electron chi connectivity index (χ4n) is 2.72. The molecule has 2 aromatic rings. The molecule has 0 aliphatic carbocycles. The summed E-state index contributed by atoms with van der Waals surface area (Å²) in [6.45, 7) is 1.84. The van der Waals surface area contributed by atoms with E-state index in [1.165, 1.54) is 12.8 Å². The van der Waals surface area contributed by atoms with Gasteiger partial charge in [-0.25, -0.2) is 0 Å². The molecule has 2 heterocycles. The molecule has 0 unspecified atom stereocenters. The zero-order chi connectivity index (χ0) is 13.1. The number of benzene rings is 1. The molecule has 1 aromatic heterocycles. The van der Waals surface area contributed by atoms with E-state index in [4.69, 9.17) is 0 Å². The van der Waals surface area contributed by atoms with Crippen LogP contribution in [0.25, 0.3) is 10.9 Å². The van der Waals surface area contributed by atoms with Gasteiger partial charge in [-0.15, -0.1) is 0 Å². The number of carbonyl (C=O) groups excluding carboxylic acids is 1. The van der Waals surface area contributed by atoms with Gasteiger partial charge < -0.3 is 15.6 Å². The quantitative estimate of drug-likeness (QED) is 0.785. The molecule has 1 fully saturated rings. The minimum absolute atomic E-state index is 0.00967. The van der Waals surface area contributed by atoms with Crippen LogP contribution >= 0.6 is 0 Å². The topological polar surface area (TPSA) is 56.9 Å². The molecule has 0 spiro atoms. The first-order valence-corrected chi connectivity index (χ1v) is 6.92. The molecule has 1 aromatic carbocycles. The van der Waals surface area contributed by atoms with Crippen LogP contribution < -0.4 is 10.6 Å². The summed E-state index contributed by atoms with van der Waals surface area (Å²) in [5.74, 6) is 0.00967. The van der Waals surface area contributed by atoms with Crippen LogP contribution in [0.15, 0.2) is 30.5 Å². The van der Waals surface area contributed by atoms with E-state index in [1.54, 1.807) is 6.20 Å². The third-order valence-corrected chi connectivity index (χ3v) is 3.77. The second-order valence-electron chi connectivity index (χ2n) is 5.09. The second-order valence-corrected chi connectivity index (χ2v) is 5.09. The van der Waals surface area contributed by atoms with Crippen LogP contribution in [0.3, 0.4) is 0 Å². The highest BCUT2D eigenvalue weighted by Gasteiger charge is 2.15. The normalized spacial score (nSPS) is 18.8. The third-order valence-electron chi connectivity index (χ3n) is 3.77. The van der Waals surface area contributed by atoms with Crippen molar-refractivity contribution in [2.75, 3.05) is 13.1 Å². The molecule has 1 atom stereocenters. The van der Waals surface area contributed by atoms with Crippen molar-refractivity contribution >= 4 is 16.8 Å². The van der Waals surface area contributed by atoms with Gasteiger partial charge in [-0.2, -0.15) is 0 Å². The number of H-pyrrole nitrogens is 1. The number of hydrogen-bond acceptors (Lipinski definition) is 2. The number of rotatable bonds is 4. The van der Waals surface area contributed by atoms with Crippen molar-refractivity contribution < 1.29 is 4.79 Å². The van der Waals surface area contributed by atoms with Crippen molar-refractivity contribution in [2.24, 2.45) is 0 Å². The monoisotopic (exact) mass is 257 g/mol. The number of nitrogens with one attached hydrogen (secondary N) is 3. The van der Waals surface area contributed by atoms with Gasteiger partial charge in [-0.05, 0) is 31.9 Å². The van der Waals surface area contributed by atoms with Crippen molar-refractivity contribution in [3.63, 3.8) is 0 Å². The van der Waals surface area contributed by atoms with Crippen molar-refractivity contribution in [2.45, 2.75) is 25.3 Å². The maximum absolute atomic E-state index is 12.1. The summed E-state index contributed by atoms with van der Waals surface area (Å²) < 4.78 is 0. The lowest BCUT2D eigenvalue weighted by atomic mass is 10.1. The summed E-state index contributed by atoms with van der Waals surface area (Å²) in [6.07, 6.45) is 5.27. The van der Waals surface area contributed by atoms with E-state index in [0.717, 1.165) is 36.0 Å². The maximum Gasteiger partial charge on any atom is 0.253 e. The number of aromatic nitrogens is 1. The summed E-state index contributed by atoms with van der Waals surface area (Å²) in [7, 11) is 0. The maximum atomic E-state index is 12.1. The molecule has 0 bridgehead atoms. The molecule has 0 saturated carbocycles. The largest absolute Gasteiger partial charge is 0.360 e. The molecule has 1 amide bonds. The van der Waals surface area contributed by atoms with E-state index < -0.39 is 0 Å². The van der Waals surface area contributed by atoms with E-state index in [1.807, 2.05) is 24.3 Å². The molecule has 19 heavy (non-hydrogen) atoms. The molecule has 1 aliphatic heterocycles. The lowest BCUT2D eigenvalue weighted by Crippen LogP contribution is -2.30. The van der Waals surface area contributed by atoms with Gasteiger partial charge in [-0.3, -0.25) is 4.79 Å². The Kier molecular flexibility index (Phi) is 3.51. The summed E-state index contributed by atoms with van der Waals surface area (Å²) in [4.78, 5) is 15.3. The molecule has 0 radical (unpaired) electrons. The van der Waals surface area contributed by atoms with Crippen molar-refractivity contribution in [3.05, 3.63) is 36.0 Å². The molecular formula is C15H19N3O. The zero-order valence-electron chi connectivity index (χ0n) is 10.9. The van der Waals surface area contributed by atoms with Crippen molar-refractivity contribution in [1.82, 2.24) is 15.6 Å². The van der Waals surface area contributed by atoms with E-state index in [0.29, 0.717) is 6.04 Å². The second kappa shape index (κ2) is 5.45. The Hall–Kier alpha value is -1.81. The Morgan fingerprint density at radius 2 is 2.26 bits per heavy atom. The minimum Gasteiger partial charge on any atom is -0.360 e. The highest BCUT2D eigenvalue weighted by atomic mass is 16.1. The van der Waals surface area contributed by atoms with Crippen LogP contribution in [0.5, 0.6) is 0 Å². The predicted octanol–water partition coefficient (Wildman–Crippen LogP) is 2.04. The van der Waals surface area contributed by atoms with E-state index >= 15 is 0 Å². The van der Waals surface area contributed by atoms with Gasteiger partial charge in [0.05, 0.1) is 5.56 Å². The molecule has 4 heteroatoms. The molecule has 100 valence electrons. The minimum atomic E-state index is 0.00967. The van der Waals surface area contributed by atoms with Crippen LogP contribution in [0.4, 0.5) is 0 Å². The predicted molar refractivity (Wildman–Crippen MR) is 76.3 cm³/mol. The Morgan fingerprint density at radius 1 is 1.37 bits per heavy atom. The van der Waals surface area contributed by atoms with Crippen LogP contribution in [0, 0.1) is 0 Å². The average molecular weight is 257 g/mol. The summed E-state index contributed by atoms with van der Waals surface area (Å²) in [5.41, 5.74) is 1.74. The van der Waals surface area contributed by atoms with Gasteiger partial charge in [0.25, 0.3) is 5.91 Å². The van der Waals surface area contributed by atoms with E-state index in [2.05, 4.69) is 15.6 Å². The Balaban J connectivity index is 1.60. The van der Waals surface area contributed by atoms with Crippen LogP contribution in [-0.2, 0) is 0 Å². The van der Waals surface area contributed by atoms with Gasteiger partial charge in [0.1, 0.15) is 0 Å². The molecule has 1 aliphatic rings. The van der Waals surface area contributed by atoms with Gasteiger partial charge in [0, 0.05) is 29.7 Å². The van der Waals surface area contributed by atoms with Crippen LogP contribution in [0.1, 0.15) is 29.6 Å². The molecular weight excluding hydrogens is 238 g/mol.